The Bertz CT molecular complexity index is 507. The molecule has 2 rings (SSSR count). The van der Waals surface area contributed by atoms with Gasteiger partial charge in [-0.05, 0) is 29.0 Å². The van der Waals surface area contributed by atoms with Gasteiger partial charge in [0, 0.05) is 5.41 Å². The molecule has 1 aromatic rings. The van der Waals surface area contributed by atoms with Gasteiger partial charge in [-0.1, -0.05) is 39.8 Å². The molecule has 0 bridgehead atoms. The molecule has 96 valence electrons. The van der Waals surface area contributed by atoms with E-state index in [1.54, 1.807) is 7.11 Å². The zero-order chi connectivity index (χ0) is 13.6. The summed E-state index contributed by atoms with van der Waals surface area (Å²) in [5.41, 5.74) is 2.57. The van der Waals surface area contributed by atoms with Crippen molar-refractivity contribution in [1.82, 2.24) is 0 Å². The molecule has 2 atom stereocenters. The minimum atomic E-state index is 0.0427. The zero-order valence-electron chi connectivity index (χ0n) is 11.9. The van der Waals surface area contributed by atoms with Crippen LogP contribution in [-0.2, 0) is 10.8 Å². The van der Waals surface area contributed by atoms with Gasteiger partial charge in [0.15, 0.2) is 0 Å². The third-order valence-electron chi connectivity index (χ3n) is 4.06. The molecule has 1 fully saturated rings. The summed E-state index contributed by atoms with van der Waals surface area (Å²) in [6.45, 7) is 8.73. The fraction of sp³-hybridized carbons (Fsp3) is 0.562. The number of hydrogen-bond acceptors (Lipinski definition) is 2. The normalized spacial score (nSPS) is 26.6. The van der Waals surface area contributed by atoms with Gasteiger partial charge in [-0.15, -0.1) is 0 Å². The van der Waals surface area contributed by atoms with E-state index in [-0.39, 0.29) is 16.7 Å². The van der Waals surface area contributed by atoms with Crippen molar-refractivity contribution in [2.24, 2.45) is 5.92 Å². The Morgan fingerprint density at radius 1 is 1.39 bits per heavy atom. The van der Waals surface area contributed by atoms with Crippen molar-refractivity contribution in [3.8, 4) is 11.8 Å². The molecule has 1 aromatic carbocycles. The molecule has 0 aliphatic heterocycles. The van der Waals surface area contributed by atoms with Crippen molar-refractivity contribution < 1.29 is 4.74 Å². The van der Waals surface area contributed by atoms with Crippen molar-refractivity contribution >= 4 is 0 Å². The van der Waals surface area contributed by atoms with Crippen molar-refractivity contribution in [3.05, 3.63) is 29.3 Å². The first-order valence-corrected chi connectivity index (χ1v) is 6.41. The smallest absolute Gasteiger partial charge is 0.122 e. The van der Waals surface area contributed by atoms with Crippen LogP contribution in [0.3, 0.4) is 0 Å². The SMILES string of the molecule is COc1ccc(C2(C)CC2C#N)cc1C(C)(C)C. The summed E-state index contributed by atoms with van der Waals surface area (Å²) in [5, 5.41) is 9.06. The lowest BCUT2D eigenvalue weighted by Gasteiger charge is -2.24. The Morgan fingerprint density at radius 2 is 2.06 bits per heavy atom. The lowest BCUT2D eigenvalue weighted by Crippen LogP contribution is -2.15. The average Bonchev–Trinajstić information content (AvgIpc) is 3.00. The fourth-order valence-electron chi connectivity index (χ4n) is 2.52. The first-order valence-electron chi connectivity index (χ1n) is 6.41. The van der Waals surface area contributed by atoms with E-state index in [1.165, 1.54) is 11.1 Å². The molecule has 2 nitrogen and oxygen atoms in total. The largest absolute Gasteiger partial charge is 0.496 e. The highest BCUT2D eigenvalue weighted by atomic mass is 16.5. The molecule has 0 heterocycles. The molecular formula is C16H21NO. The van der Waals surface area contributed by atoms with E-state index >= 15 is 0 Å². The van der Waals surface area contributed by atoms with Crippen molar-refractivity contribution in [3.63, 3.8) is 0 Å². The number of ether oxygens (including phenoxy) is 1. The van der Waals surface area contributed by atoms with E-state index in [0.717, 1.165) is 12.2 Å². The molecule has 0 aromatic heterocycles. The molecule has 0 N–H and O–H groups in total. The van der Waals surface area contributed by atoms with Crippen LogP contribution in [0.1, 0.15) is 45.2 Å². The van der Waals surface area contributed by atoms with Gasteiger partial charge in [-0.2, -0.15) is 5.26 Å². The molecule has 0 amide bonds. The van der Waals surface area contributed by atoms with Crippen LogP contribution in [0, 0.1) is 17.2 Å². The van der Waals surface area contributed by atoms with Crippen molar-refractivity contribution in [2.75, 3.05) is 7.11 Å². The van der Waals surface area contributed by atoms with Gasteiger partial charge >= 0.3 is 0 Å². The number of rotatable bonds is 2. The standard InChI is InChI=1S/C16H21NO/c1-15(2,3)13-8-11(6-7-14(13)18-5)16(4)9-12(16)10-17/h6-8,12H,9H2,1-5H3. The summed E-state index contributed by atoms with van der Waals surface area (Å²) in [5.74, 6) is 1.10. The van der Waals surface area contributed by atoms with Gasteiger partial charge < -0.3 is 4.74 Å². The Balaban J connectivity index is 2.46. The molecule has 1 saturated carbocycles. The van der Waals surface area contributed by atoms with Crippen molar-refractivity contribution in [2.45, 2.75) is 44.9 Å². The van der Waals surface area contributed by atoms with E-state index < -0.39 is 0 Å². The van der Waals surface area contributed by atoms with E-state index in [0.29, 0.717) is 0 Å². The number of methoxy groups -OCH3 is 1. The second kappa shape index (κ2) is 4.02. The third-order valence-corrected chi connectivity index (χ3v) is 4.06. The van der Waals surface area contributed by atoms with E-state index in [9.17, 15) is 0 Å². The van der Waals surface area contributed by atoms with Gasteiger partial charge in [-0.25, -0.2) is 0 Å². The Morgan fingerprint density at radius 3 is 2.50 bits per heavy atom. The topological polar surface area (TPSA) is 33.0 Å². The highest BCUT2D eigenvalue weighted by molar-refractivity contribution is 5.46. The number of benzene rings is 1. The minimum absolute atomic E-state index is 0.0427. The maximum atomic E-state index is 9.06. The fourth-order valence-corrected chi connectivity index (χ4v) is 2.52. The lowest BCUT2D eigenvalue weighted by atomic mass is 9.83. The van der Waals surface area contributed by atoms with Gasteiger partial charge in [-0.3, -0.25) is 0 Å². The predicted molar refractivity (Wildman–Crippen MR) is 72.8 cm³/mol. The molecule has 1 aliphatic rings. The van der Waals surface area contributed by atoms with Crippen LogP contribution in [-0.4, -0.2) is 7.11 Å². The summed E-state index contributed by atoms with van der Waals surface area (Å²) in [4.78, 5) is 0. The lowest BCUT2D eigenvalue weighted by molar-refractivity contribution is 0.397. The number of nitrogens with zero attached hydrogens (tertiary/aromatic N) is 1. The Labute approximate surface area is 110 Å². The highest BCUT2D eigenvalue weighted by Gasteiger charge is 2.52. The van der Waals surface area contributed by atoms with E-state index in [2.05, 4.69) is 45.9 Å². The summed E-state index contributed by atoms with van der Waals surface area (Å²) in [7, 11) is 1.71. The van der Waals surface area contributed by atoms with Crippen LogP contribution in [0.15, 0.2) is 18.2 Å². The summed E-state index contributed by atoms with van der Waals surface area (Å²) in [6.07, 6.45) is 0.972. The predicted octanol–water partition coefficient (Wildman–Crippen LogP) is 3.79. The molecule has 2 heteroatoms. The van der Waals surface area contributed by atoms with Crippen LogP contribution in [0.5, 0.6) is 5.75 Å². The van der Waals surface area contributed by atoms with Gasteiger partial charge in [0.25, 0.3) is 0 Å². The molecule has 0 spiro atoms. The first kappa shape index (κ1) is 13.0. The van der Waals surface area contributed by atoms with Crippen LogP contribution < -0.4 is 4.74 Å². The zero-order valence-corrected chi connectivity index (χ0v) is 11.9. The summed E-state index contributed by atoms with van der Waals surface area (Å²) >= 11 is 0. The van der Waals surface area contributed by atoms with Gasteiger partial charge in [0.2, 0.25) is 0 Å². The molecule has 2 unspecified atom stereocenters. The van der Waals surface area contributed by atoms with Crippen molar-refractivity contribution in [1.29, 1.82) is 5.26 Å². The number of hydrogen-bond donors (Lipinski definition) is 0. The molecule has 0 saturated heterocycles. The summed E-state index contributed by atoms with van der Waals surface area (Å²) in [6, 6.07) is 8.74. The Kier molecular flexibility index (Phi) is 2.89. The van der Waals surface area contributed by atoms with Gasteiger partial charge in [0.05, 0.1) is 19.1 Å². The average molecular weight is 243 g/mol. The molecular weight excluding hydrogens is 222 g/mol. The Hall–Kier alpha value is -1.49. The molecule has 18 heavy (non-hydrogen) atoms. The van der Waals surface area contributed by atoms with Crippen LogP contribution in [0.4, 0.5) is 0 Å². The van der Waals surface area contributed by atoms with E-state index in [4.69, 9.17) is 10.00 Å². The second-order valence-electron chi connectivity index (χ2n) is 6.47. The maximum absolute atomic E-state index is 9.06. The molecule has 0 radical (unpaired) electrons. The third kappa shape index (κ3) is 1.99. The highest BCUT2D eigenvalue weighted by Crippen LogP contribution is 2.54. The second-order valence-corrected chi connectivity index (χ2v) is 6.47. The monoisotopic (exact) mass is 243 g/mol. The first-order chi connectivity index (χ1) is 8.32. The number of nitriles is 1. The van der Waals surface area contributed by atoms with E-state index in [1.807, 2.05) is 6.07 Å². The quantitative estimate of drug-likeness (QED) is 0.791. The molecule has 1 aliphatic carbocycles. The van der Waals surface area contributed by atoms with Crippen LogP contribution in [0.25, 0.3) is 0 Å². The summed E-state index contributed by atoms with van der Waals surface area (Å²) < 4.78 is 5.45. The van der Waals surface area contributed by atoms with Crippen LogP contribution >= 0.6 is 0 Å². The van der Waals surface area contributed by atoms with Crippen LogP contribution in [0.2, 0.25) is 0 Å². The maximum Gasteiger partial charge on any atom is 0.122 e. The minimum Gasteiger partial charge on any atom is -0.496 e. The van der Waals surface area contributed by atoms with Gasteiger partial charge in [0.1, 0.15) is 5.75 Å².